The third kappa shape index (κ3) is 4.42. The lowest BCUT2D eigenvalue weighted by Gasteiger charge is -2.19. The van der Waals surface area contributed by atoms with Gasteiger partial charge in [0.05, 0.1) is 18.8 Å². The largest absolute Gasteiger partial charge is 0.389 e. The Hall–Kier alpha value is -2.28. The van der Waals surface area contributed by atoms with Gasteiger partial charge in [0.25, 0.3) is 5.91 Å². The molecule has 3 rings (SSSR count). The van der Waals surface area contributed by atoms with Gasteiger partial charge in [0, 0.05) is 24.2 Å². The van der Waals surface area contributed by atoms with Crippen molar-refractivity contribution in [2.24, 2.45) is 0 Å². The number of aliphatic hydroxyl groups is 1. The summed E-state index contributed by atoms with van der Waals surface area (Å²) >= 11 is 0. The quantitative estimate of drug-likeness (QED) is 0.742. The molecule has 5 nitrogen and oxygen atoms in total. The van der Waals surface area contributed by atoms with Crippen molar-refractivity contribution in [1.29, 1.82) is 0 Å². The van der Waals surface area contributed by atoms with Crippen molar-refractivity contribution in [2.75, 3.05) is 13.2 Å². The Bertz CT molecular complexity index is 711. The summed E-state index contributed by atoms with van der Waals surface area (Å²) in [5, 5.41) is 16.2. The summed E-state index contributed by atoms with van der Waals surface area (Å²) < 4.78 is 19.2. The van der Waals surface area contributed by atoms with E-state index in [4.69, 9.17) is 4.74 Å². The Morgan fingerprint density at radius 1 is 1.16 bits per heavy atom. The van der Waals surface area contributed by atoms with Crippen LogP contribution in [0.4, 0.5) is 4.39 Å². The lowest BCUT2D eigenvalue weighted by molar-refractivity contribution is 0.0398. The summed E-state index contributed by atoms with van der Waals surface area (Å²) in [6, 6.07) is 15.1. The minimum Gasteiger partial charge on any atom is -0.389 e. The fraction of sp³-hybridized carbons (Fsp3) is 0.316. The number of carbonyl (C=O) groups is 1. The van der Waals surface area contributed by atoms with E-state index in [0.29, 0.717) is 24.3 Å². The third-order valence-electron chi connectivity index (χ3n) is 4.30. The molecule has 25 heavy (non-hydrogen) atoms. The average Bonchev–Trinajstić information content (AvgIpc) is 2.99. The number of nitrogens with one attached hydrogen (secondary N) is 2. The van der Waals surface area contributed by atoms with Gasteiger partial charge in [-0.1, -0.05) is 36.4 Å². The first kappa shape index (κ1) is 17.5. The molecule has 6 heteroatoms. The number of benzene rings is 2. The second-order valence-electron chi connectivity index (χ2n) is 6.02. The van der Waals surface area contributed by atoms with Gasteiger partial charge < -0.3 is 20.5 Å². The van der Waals surface area contributed by atoms with Crippen molar-refractivity contribution in [2.45, 2.75) is 24.8 Å². The molecule has 1 amide bonds. The maximum atomic E-state index is 13.6. The molecule has 3 N–H and O–H groups in total. The highest BCUT2D eigenvalue weighted by molar-refractivity contribution is 5.94. The molecule has 0 aliphatic carbocycles. The fourth-order valence-electron chi connectivity index (χ4n) is 2.81. The lowest BCUT2D eigenvalue weighted by atomic mass is 10.1. The van der Waals surface area contributed by atoms with Crippen LogP contribution in [-0.4, -0.2) is 42.4 Å². The highest BCUT2D eigenvalue weighted by Crippen LogP contribution is 2.15. The van der Waals surface area contributed by atoms with Gasteiger partial charge in [-0.3, -0.25) is 4.79 Å². The first-order chi connectivity index (χ1) is 12.1. The molecule has 1 fully saturated rings. The van der Waals surface area contributed by atoms with Gasteiger partial charge in [-0.05, 0) is 18.2 Å². The summed E-state index contributed by atoms with van der Waals surface area (Å²) in [6.07, 6.45) is -1.27. The van der Waals surface area contributed by atoms with Crippen LogP contribution in [0.1, 0.15) is 15.9 Å². The Labute approximate surface area is 145 Å². The van der Waals surface area contributed by atoms with E-state index in [1.54, 1.807) is 42.5 Å². The first-order valence-electron chi connectivity index (χ1n) is 8.25. The first-order valence-corrected chi connectivity index (χ1v) is 8.25. The number of ether oxygens (including phenoxy) is 1. The van der Waals surface area contributed by atoms with Gasteiger partial charge in [0.15, 0.2) is 0 Å². The van der Waals surface area contributed by atoms with Gasteiger partial charge in [0.1, 0.15) is 11.9 Å². The van der Waals surface area contributed by atoms with E-state index >= 15 is 0 Å². The zero-order chi connectivity index (χ0) is 17.6. The molecule has 1 heterocycles. The summed E-state index contributed by atoms with van der Waals surface area (Å²) in [5.41, 5.74) is 1.10. The molecule has 0 aromatic heterocycles. The van der Waals surface area contributed by atoms with Crippen LogP contribution >= 0.6 is 0 Å². The van der Waals surface area contributed by atoms with Crippen LogP contribution in [0.15, 0.2) is 54.6 Å². The van der Waals surface area contributed by atoms with Gasteiger partial charge >= 0.3 is 0 Å². The summed E-state index contributed by atoms with van der Waals surface area (Å²) in [6.45, 7) is 0.828. The molecule has 1 aliphatic rings. The normalized spacial score (nSPS) is 22.7. The van der Waals surface area contributed by atoms with Gasteiger partial charge in [-0.25, -0.2) is 4.39 Å². The second kappa shape index (κ2) is 8.20. The van der Waals surface area contributed by atoms with Crippen molar-refractivity contribution >= 4 is 5.91 Å². The van der Waals surface area contributed by atoms with Gasteiger partial charge in [-0.2, -0.15) is 0 Å². The van der Waals surface area contributed by atoms with Crippen molar-refractivity contribution in [3.8, 4) is 0 Å². The Balaban J connectivity index is 1.47. The Morgan fingerprint density at radius 2 is 1.88 bits per heavy atom. The molecule has 0 unspecified atom stereocenters. The maximum absolute atomic E-state index is 13.6. The topological polar surface area (TPSA) is 70.6 Å². The van der Waals surface area contributed by atoms with E-state index in [2.05, 4.69) is 10.6 Å². The van der Waals surface area contributed by atoms with Crippen molar-refractivity contribution in [1.82, 2.24) is 10.6 Å². The molecular weight excluding hydrogens is 323 g/mol. The van der Waals surface area contributed by atoms with E-state index in [1.165, 1.54) is 6.07 Å². The van der Waals surface area contributed by atoms with Crippen molar-refractivity contribution < 1.29 is 19.0 Å². The highest BCUT2D eigenvalue weighted by Gasteiger charge is 2.35. The Kier molecular flexibility index (Phi) is 5.75. The van der Waals surface area contributed by atoms with Crippen LogP contribution in [0.25, 0.3) is 0 Å². The summed E-state index contributed by atoms with van der Waals surface area (Å²) in [7, 11) is 0. The molecule has 1 aliphatic heterocycles. The minimum atomic E-state index is -0.775. The molecule has 2 aromatic rings. The molecule has 1 saturated heterocycles. The molecule has 0 bridgehead atoms. The number of carbonyl (C=O) groups excluding carboxylic acids is 1. The predicted octanol–water partition coefficient (Wildman–Crippen LogP) is 1.47. The third-order valence-corrected chi connectivity index (χ3v) is 4.30. The molecule has 0 spiro atoms. The minimum absolute atomic E-state index is 0.209. The van der Waals surface area contributed by atoms with E-state index in [1.807, 2.05) is 6.07 Å². The van der Waals surface area contributed by atoms with E-state index in [9.17, 15) is 14.3 Å². The monoisotopic (exact) mass is 344 g/mol. The lowest BCUT2D eigenvalue weighted by Crippen LogP contribution is -2.44. The van der Waals surface area contributed by atoms with Gasteiger partial charge in [-0.15, -0.1) is 0 Å². The van der Waals surface area contributed by atoms with Crippen LogP contribution in [0, 0.1) is 5.82 Å². The number of aliphatic hydroxyl groups excluding tert-OH is 1. The number of rotatable bonds is 6. The van der Waals surface area contributed by atoms with E-state index in [-0.39, 0.29) is 24.3 Å². The summed E-state index contributed by atoms with van der Waals surface area (Å²) in [5.74, 6) is -0.491. The van der Waals surface area contributed by atoms with E-state index in [0.717, 1.165) is 0 Å². The number of amides is 1. The molecule has 0 radical (unpaired) electrons. The molecule has 132 valence electrons. The van der Waals surface area contributed by atoms with Crippen molar-refractivity contribution in [3.63, 3.8) is 0 Å². The molecule has 2 aromatic carbocycles. The average molecular weight is 344 g/mol. The standard InChI is InChI=1S/C19H21FN2O3/c20-15-9-5-4-8-14(15)10-21-16-12-25-17(18(16)23)11-22-19(24)13-6-2-1-3-7-13/h1-9,16-18,21,23H,10-12H2,(H,22,24)/t16-,17-,18+/m1/s1. The SMILES string of the molecule is O=C(NC[C@H]1OC[C@@H](NCc2ccccc2F)[C@@H]1O)c1ccccc1. The van der Waals surface area contributed by atoms with Crippen LogP contribution in [0.3, 0.4) is 0 Å². The maximum Gasteiger partial charge on any atom is 0.251 e. The van der Waals surface area contributed by atoms with Crippen LogP contribution in [0.5, 0.6) is 0 Å². The summed E-state index contributed by atoms with van der Waals surface area (Å²) in [4.78, 5) is 12.0. The Morgan fingerprint density at radius 3 is 2.64 bits per heavy atom. The predicted molar refractivity (Wildman–Crippen MR) is 91.5 cm³/mol. The van der Waals surface area contributed by atoms with Crippen LogP contribution < -0.4 is 10.6 Å². The zero-order valence-corrected chi connectivity index (χ0v) is 13.7. The van der Waals surface area contributed by atoms with Crippen LogP contribution in [0.2, 0.25) is 0 Å². The second-order valence-corrected chi connectivity index (χ2v) is 6.02. The van der Waals surface area contributed by atoms with Crippen LogP contribution in [-0.2, 0) is 11.3 Å². The van der Waals surface area contributed by atoms with E-state index < -0.39 is 12.2 Å². The number of hydrogen-bond acceptors (Lipinski definition) is 4. The van der Waals surface area contributed by atoms with Gasteiger partial charge in [0.2, 0.25) is 0 Å². The number of halogens is 1. The molecular formula is C19H21FN2O3. The fourth-order valence-corrected chi connectivity index (χ4v) is 2.81. The smallest absolute Gasteiger partial charge is 0.251 e. The molecule has 0 saturated carbocycles. The van der Waals surface area contributed by atoms with Crippen molar-refractivity contribution in [3.05, 3.63) is 71.5 Å². The number of hydrogen-bond donors (Lipinski definition) is 3. The molecule has 3 atom stereocenters. The zero-order valence-electron chi connectivity index (χ0n) is 13.7. The highest BCUT2D eigenvalue weighted by atomic mass is 19.1.